The molecular formula is C15H10N6O. The van der Waals surface area contributed by atoms with Gasteiger partial charge in [-0.25, -0.2) is 14.6 Å². The van der Waals surface area contributed by atoms with Gasteiger partial charge in [0.25, 0.3) is 0 Å². The van der Waals surface area contributed by atoms with Crippen LogP contribution < -0.4 is 4.74 Å². The summed E-state index contributed by atoms with van der Waals surface area (Å²) < 4.78 is 7.44. The zero-order valence-corrected chi connectivity index (χ0v) is 11.4. The van der Waals surface area contributed by atoms with Crippen molar-refractivity contribution in [3.8, 4) is 17.3 Å². The fourth-order valence-electron chi connectivity index (χ4n) is 2.05. The summed E-state index contributed by atoms with van der Waals surface area (Å²) >= 11 is 0. The normalized spacial score (nSPS) is 10.7. The molecule has 0 fully saturated rings. The Morgan fingerprint density at radius 3 is 2.86 bits per heavy atom. The molecule has 7 heteroatoms. The highest BCUT2D eigenvalue weighted by Gasteiger charge is 2.04. The Bertz CT molecular complexity index is 922. The molecule has 22 heavy (non-hydrogen) atoms. The maximum atomic E-state index is 5.78. The third kappa shape index (κ3) is 2.35. The van der Waals surface area contributed by atoms with E-state index >= 15 is 0 Å². The molecule has 0 spiro atoms. The van der Waals surface area contributed by atoms with Crippen LogP contribution in [0.3, 0.4) is 0 Å². The molecule has 7 nitrogen and oxygen atoms in total. The predicted molar refractivity (Wildman–Crippen MR) is 78.8 cm³/mol. The number of ether oxygens (including phenoxy) is 1. The van der Waals surface area contributed by atoms with Crippen LogP contribution in [0, 0.1) is 0 Å². The van der Waals surface area contributed by atoms with Crippen molar-refractivity contribution < 1.29 is 4.74 Å². The standard InChI is InChI=1S/C15H10N6O/c1-2-11(21-10-16-9-19-21)8-12(3-1)22-14-5-4-13-15(20-14)18-7-6-17-13/h1-10H. The molecule has 0 atom stereocenters. The van der Waals surface area contributed by atoms with E-state index in [2.05, 4.69) is 25.0 Å². The molecule has 1 aromatic carbocycles. The van der Waals surface area contributed by atoms with Gasteiger partial charge in [-0.3, -0.25) is 4.98 Å². The van der Waals surface area contributed by atoms with Gasteiger partial charge in [-0.1, -0.05) is 6.07 Å². The monoisotopic (exact) mass is 290 g/mol. The Morgan fingerprint density at radius 1 is 1.00 bits per heavy atom. The maximum Gasteiger partial charge on any atom is 0.221 e. The van der Waals surface area contributed by atoms with Crippen molar-refractivity contribution in [1.29, 1.82) is 0 Å². The number of pyridine rings is 1. The number of aromatic nitrogens is 6. The molecule has 3 heterocycles. The Morgan fingerprint density at radius 2 is 1.95 bits per heavy atom. The second kappa shape index (κ2) is 5.21. The van der Waals surface area contributed by atoms with E-state index in [0.29, 0.717) is 17.3 Å². The van der Waals surface area contributed by atoms with E-state index < -0.39 is 0 Å². The molecule has 0 unspecified atom stereocenters. The van der Waals surface area contributed by atoms with E-state index in [0.717, 1.165) is 11.2 Å². The molecule has 4 rings (SSSR count). The molecule has 106 valence electrons. The van der Waals surface area contributed by atoms with Crippen LogP contribution in [0.4, 0.5) is 0 Å². The number of benzene rings is 1. The highest BCUT2D eigenvalue weighted by atomic mass is 16.5. The van der Waals surface area contributed by atoms with Gasteiger partial charge in [0.1, 0.15) is 23.9 Å². The number of fused-ring (bicyclic) bond motifs is 1. The summed E-state index contributed by atoms with van der Waals surface area (Å²) in [7, 11) is 0. The molecule has 0 saturated heterocycles. The third-order valence-electron chi connectivity index (χ3n) is 3.03. The average molecular weight is 290 g/mol. The van der Waals surface area contributed by atoms with Gasteiger partial charge >= 0.3 is 0 Å². The van der Waals surface area contributed by atoms with Crippen molar-refractivity contribution in [2.45, 2.75) is 0 Å². The Labute approximate surface area is 125 Å². The van der Waals surface area contributed by atoms with E-state index in [9.17, 15) is 0 Å². The van der Waals surface area contributed by atoms with Crippen molar-refractivity contribution in [3.63, 3.8) is 0 Å². The van der Waals surface area contributed by atoms with Gasteiger partial charge in [-0.05, 0) is 18.2 Å². The summed E-state index contributed by atoms with van der Waals surface area (Å²) in [6.07, 6.45) is 6.34. The minimum absolute atomic E-state index is 0.462. The van der Waals surface area contributed by atoms with Crippen LogP contribution in [0.25, 0.3) is 16.9 Å². The highest BCUT2D eigenvalue weighted by Crippen LogP contribution is 2.22. The summed E-state index contributed by atoms with van der Waals surface area (Å²) in [4.78, 5) is 16.6. The highest BCUT2D eigenvalue weighted by molar-refractivity contribution is 5.69. The second-order valence-electron chi connectivity index (χ2n) is 4.49. The lowest BCUT2D eigenvalue weighted by molar-refractivity contribution is 0.464. The van der Waals surface area contributed by atoms with Gasteiger partial charge in [0.2, 0.25) is 5.88 Å². The van der Waals surface area contributed by atoms with E-state index in [-0.39, 0.29) is 0 Å². The number of hydrogen-bond acceptors (Lipinski definition) is 6. The van der Waals surface area contributed by atoms with Crippen molar-refractivity contribution in [1.82, 2.24) is 29.7 Å². The van der Waals surface area contributed by atoms with Gasteiger partial charge < -0.3 is 4.74 Å². The summed E-state index contributed by atoms with van der Waals surface area (Å²) in [5.41, 5.74) is 2.13. The molecular weight excluding hydrogens is 280 g/mol. The molecule has 3 aromatic heterocycles. The molecule has 0 saturated carbocycles. The molecule has 0 N–H and O–H groups in total. The molecule has 0 radical (unpaired) electrons. The molecule has 0 bridgehead atoms. The van der Waals surface area contributed by atoms with Crippen LogP contribution in [0.15, 0.2) is 61.4 Å². The maximum absolute atomic E-state index is 5.78. The Balaban J connectivity index is 1.66. The smallest absolute Gasteiger partial charge is 0.221 e. The Kier molecular flexibility index (Phi) is 2.93. The van der Waals surface area contributed by atoms with Crippen molar-refractivity contribution in [2.24, 2.45) is 0 Å². The first-order valence-electron chi connectivity index (χ1n) is 6.59. The van der Waals surface area contributed by atoms with Gasteiger partial charge in [0.15, 0.2) is 5.65 Å². The van der Waals surface area contributed by atoms with Gasteiger partial charge in [-0.2, -0.15) is 10.1 Å². The fraction of sp³-hybridized carbons (Fsp3) is 0. The zero-order valence-electron chi connectivity index (χ0n) is 11.4. The second-order valence-corrected chi connectivity index (χ2v) is 4.49. The lowest BCUT2D eigenvalue weighted by atomic mass is 10.3. The molecule has 4 aromatic rings. The van der Waals surface area contributed by atoms with Crippen LogP contribution in [-0.4, -0.2) is 29.7 Å². The first kappa shape index (κ1) is 12.4. The first-order chi connectivity index (χ1) is 10.9. The fourth-order valence-corrected chi connectivity index (χ4v) is 2.05. The zero-order chi connectivity index (χ0) is 14.8. The van der Waals surface area contributed by atoms with Crippen LogP contribution in [0.2, 0.25) is 0 Å². The lowest BCUT2D eigenvalue weighted by Crippen LogP contribution is -1.95. The number of hydrogen-bond donors (Lipinski definition) is 0. The summed E-state index contributed by atoms with van der Waals surface area (Å²) in [6, 6.07) is 11.1. The van der Waals surface area contributed by atoms with Crippen molar-refractivity contribution >= 4 is 11.2 Å². The lowest BCUT2D eigenvalue weighted by Gasteiger charge is -2.07. The van der Waals surface area contributed by atoms with E-state index in [4.69, 9.17) is 4.74 Å². The van der Waals surface area contributed by atoms with Gasteiger partial charge in [-0.15, -0.1) is 0 Å². The van der Waals surface area contributed by atoms with Crippen molar-refractivity contribution in [2.75, 3.05) is 0 Å². The first-order valence-corrected chi connectivity index (χ1v) is 6.59. The van der Waals surface area contributed by atoms with Crippen molar-refractivity contribution in [3.05, 3.63) is 61.4 Å². The summed E-state index contributed by atoms with van der Waals surface area (Å²) in [6.45, 7) is 0. The molecule has 0 aliphatic rings. The molecule has 0 aliphatic heterocycles. The van der Waals surface area contributed by atoms with E-state index in [1.165, 1.54) is 6.33 Å². The van der Waals surface area contributed by atoms with E-state index in [1.54, 1.807) is 29.5 Å². The quantitative estimate of drug-likeness (QED) is 0.576. The average Bonchev–Trinajstić information content (AvgIpc) is 3.10. The predicted octanol–water partition coefficient (Wildman–Crippen LogP) is 2.40. The van der Waals surface area contributed by atoms with Gasteiger partial charge in [0.05, 0.1) is 5.69 Å². The minimum Gasteiger partial charge on any atom is -0.439 e. The summed E-state index contributed by atoms with van der Waals surface area (Å²) in [5.74, 6) is 1.12. The van der Waals surface area contributed by atoms with Crippen LogP contribution in [0.5, 0.6) is 11.6 Å². The SMILES string of the molecule is c1cc(Oc2ccc3nccnc3n2)cc(-n2cncn2)c1. The molecule has 0 amide bonds. The topological polar surface area (TPSA) is 78.6 Å². The van der Waals surface area contributed by atoms with E-state index in [1.807, 2.05) is 30.3 Å². The molecule has 0 aliphatic carbocycles. The summed E-state index contributed by atoms with van der Waals surface area (Å²) in [5, 5.41) is 4.09. The largest absolute Gasteiger partial charge is 0.439 e. The third-order valence-corrected chi connectivity index (χ3v) is 3.03. The van der Waals surface area contributed by atoms with Crippen LogP contribution in [-0.2, 0) is 0 Å². The van der Waals surface area contributed by atoms with Crippen LogP contribution in [0.1, 0.15) is 0 Å². The minimum atomic E-state index is 0.462. The number of rotatable bonds is 3. The van der Waals surface area contributed by atoms with Gasteiger partial charge in [0, 0.05) is 24.5 Å². The Hall–Kier alpha value is -3.35. The van der Waals surface area contributed by atoms with Crippen LogP contribution >= 0.6 is 0 Å². The number of nitrogens with zero attached hydrogens (tertiary/aromatic N) is 6.